The van der Waals surface area contributed by atoms with Crippen molar-refractivity contribution in [3.63, 3.8) is 0 Å². The minimum atomic E-state index is 0.618. The van der Waals surface area contributed by atoms with Crippen molar-refractivity contribution in [1.29, 1.82) is 5.26 Å². The molecule has 1 aromatic carbocycles. The lowest BCUT2D eigenvalue weighted by Crippen LogP contribution is -1.96. The molecular weight excluding hydrogens is 300 g/mol. The topological polar surface area (TPSA) is 70.8 Å². The van der Waals surface area contributed by atoms with Gasteiger partial charge in [0.25, 0.3) is 0 Å². The van der Waals surface area contributed by atoms with Crippen molar-refractivity contribution in [3.05, 3.63) is 71.7 Å². The van der Waals surface area contributed by atoms with Gasteiger partial charge in [-0.25, -0.2) is 4.98 Å². The number of nitrogens with zero attached hydrogens (tertiary/aromatic N) is 3. The molecule has 1 N–H and O–H groups in total. The molecule has 0 atom stereocenters. The summed E-state index contributed by atoms with van der Waals surface area (Å²) in [6.45, 7) is 3.86. The molecule has 5 nitrogen and oxygen atoms in total. The van der Waals surface area contributed by atoms with E-state index in [1.165, 1.54) is 0 Å². The van der Waals surface area contributed by atoms with Gasteiger partial charge in [0.1, 0.15) is 17.3 Å². The number of anilines is 2. The third kappa shape index (κ3) is 3.68. The van der Waals surface area contributed by atoms with Crippen LogP contribution in [-0.2, 0) is 0 Å². The molecule has 2 heterocycles. The number of nitrogens with one attached hydrogen (secondary N) is 1. The van der Waals surface area contributed by atoms with Gasteiger partial charge in [-0.3, -0.25) is 4.98 Å². The van der Waals surface area contributed by atoms with Crippen LogP contribution in [0.25, 0.3) is 0 Å². The first kappa shape index (κ1) is 15.5. The Bertz CT molecular complexity index is 898. The second-order valence-corrected chi connectivity index (χ2v) is 5.33. The van der Waals surface area contributed by atoms with Gasteiger partial charge in [0.15, 0.2) is 0 Å². The van der Waals surface area contributed by atoms with Gasteiger partial charge in [-0.2, -0.15) is 5.26 Å². The molecule has 0 radical (unpaired) electrons. The smallest absolute Gasteiger partial charge is 0.148 e. The van der Waals surface area contributed by atoms with E-state index in [9.17, 15) is 0 Å². The molecule has 0 bridgehead atoms. The van der Waals surface area contributed by atoms with Gasteiger partial charge < -0.3 is 10.1 Å². The Morgan fingerprint density at radius 1 is 1.04 bits per heavy atom. The molecule has 2 aromatic heterocycles. The average molecular weight is 316 g/mol. The van der Waals surface area contributed by atoms with E-state index in [0.717, 1.165) is 22.8 Å². The fourth-order valence-corrected chi connectivity index (χ4v) is 2.23. The third-order valence-corrected chi connectivity index (χ3v) is 3.42. The summed E-state index contributed by atoms with van der Waals surface area (Å²) in [5.74, 6) is 2.06. The van der Waals surface area contributed by atoms with Crippen LogP contribution in [0.3, 0.4) is 0 Å². The SMILES string of the molecule is Cc1ccc(Oc2ccnc(Nc3ccc(C#N)cc3)c2)c(C)n1. The van der Waals surface area contributed by atoms with Gasteiger partial charge in [-0.15, -0.1) is 0 Å². The van der Waals surface area contributed by atoms with Crippen molar-refractivity contribution in [2.45, 2.75) is 13.8 Å². The van der Waals surface area contributed by atoms with Crippen LogP contribution in [0.4, 0.5) is 11.5 Å². The molecule has 3 rings (SSSR count). The van der Waals surface area contributed by atoms with Gasteiger partial charge >= 0.3 is 0 Å². The number of hydrogen-bond acceptors (Lipinski definition) is 5. The van der Waals surface area contributed by atoms with Crippen LogP contribution in [0.1, 0.15) is 17.0 Å². The molecule has 0 aliphatic rings. The molecule has 3 aromatic rings. The van der Waals surface area contributed by atoms with E-state index in [1.807, 2.05) is 44.2 Å². The van der Waals surface area contributed by atoms with Crippen LogP contribution in [0.5, 0.6) is 11.5 Å². The van der Waals surface area contributed by atoms with Crippen molar-refractivity contribution in [2.75, 3.05) is 5.32 Å². The summed E-state index contributed by atoms with van der Waals surface area (Å²) in [6.07, 6.45) is 1.68. The van der Waals surface area contributed by atoms with Crippen molar-refractivity contribution >= 4 is 11.5 Å². The van der Waals surface area contributed by atoms with Crippen molar-refractivity contribution in [1.82, 2.24) is 9.97 Å². The average Bonchev–Trinajstić information content (AvgIpc) is 2.58. The number of benzene rings is 1. The first-order valence-corrected chi connectivity index (χ1v) is 7.49. The Morgan fingerprint density at radius 2 is 1.83 bits per heavy atom. The van der Waals surface area contributed by atoms with Crippen LogP contribution < -0.4 is 10.1 Å². The predicted octanol–water partition coefficient (Wildman–Crippen LogP) is 4.50. The van der Waals surface area contributed by atoms with E-state index in [2.05, 4.69) is 21.4 Å². The quantitative estimate of drug-likeness (QED) is 0.767. The number of ether oxygens (including phenoxy) is 1. The zero-order chi connectivity index (χ0) is 16.9. The number of aromatic nitrogens is 2. The maximum atomic E-state index is 8.83. The molecule has 0 saturated heterocycles. The lowest BCUT2D eigenvalue weighted by Gasteiger charge is -2.10. The highest BCUT2D eigenvalue weighted by Crippen LogP contribution is 2.26. The predicted molar refractivity (Wildman–Crippen MR) is 92.5 cm³/mol. The van der Waals surface area contributed by atoms with Crippen LogP contribution >= 0.6 is 0 Å². The van der Waals surface area contributed by atoms with Crippen LogP contribution in [0.2, 0.25) is 0 Å². The van der Waals surface area contributed by atoms with Crippen molar-refractivity contribution in [3.8, 4) is 17.6 Å². The second kappa shape index (κ2) is 6.80. The molecule has 0 aliphatic carbocycles. The fraction of sp³-hybridized carbons (Fsp3) is 0.105. The second-order valence-electron chi connectivity index (χ2n) is 5.33. The van der Waals surface area contributed by atoms with Crippen molar-refractivity contribution < 1.29 is 4.74 Å². The fourth-order valence-electron chi connectivity index (χ4n) is 2.23. The highest BCUT2D eigenvalue weighted by atomic mass is 16.5. The van der Waals surface area contributed by atoms with E-state index in [1.54, 1.807) is 24.4 Å². The molecule has 0 amide bonds. The molecule has 0 fully saturated rings. The summed E-state index contributed by atoms with van der Waals surface area (Å²) in [7, 11) is 0. The van der Waals surface area contributed by atoms with Crippen LogP contribution in [-0.4, -0.2) is 9.97 Å². The Kier molecular flexibility index (Phi) is 4.39. The first-order chi connectivity index (χ1) is 11.6. The number of aryl methyl sites for hydroxylation is 2. The first-order valence-electron chi connectivity index (χ1n) is 7.49. The summed E-state index contributed by atoms with van der Waals surface area (Å²) in [5.41, 5.74) is 3.27. The zero-order valence-corrected chi connectivity index (χ0v) is 13.4. The molecule has 118 valence electrons. The standard InChI is InChI=1S/C19H16N4O/c1-13-3-8-18(14(2)22-13)24-17-9-10-21-19(11-17)23-16-6-4-15(12-20)5-7-16/h3-11H,1-2H3,(H,21,23). The van der Waals surface area contributed by atoms with Crippen LogP contribution in [0.15, 0.2) is 54.7 Å². The van der Waals surface area contributed by atoms with Gasteiger partial charge in [-0.1, -0.05) is 0 Å². The Morgan fingerprint density at radius 3 is 2.54 bits per heavy atom. The molecule has 24 heavy (non-hydrogen) atoms. The summed E-state index contributed by atoms with van der Waals surface area (Å²) in [5, 5.41) is 12.0. The van der Waals surface area contributed by atoms with E-state index < -0.39 is 0 Å². The normalized spacial score (nSPS) is 10.0. The molecular formula is C19H16N4O. The largest absolute Gasteiger partial charge is 0.455 e. The van der Waals surface area contributed by atoms with Crippen molar-refractivity contribution in [2.24, 2.45) is 0 Å². The van der Waals surface area contributed by atoms with E-state index in [-0.39, 0.29) is 0 Å². The molecule has 0 spiro atoms. The summed E-state index contributed by atoms with van der Waals surface area (Å²) in [6, 6.07) is 16.7. The molecule has 0 saturated carbocycles. The highest BCUT2D eigenvalue weighted by molar-refractivity contribution is 5.58. The van der Waals surface area contributed by atoms with E-state index in [0.29, 0.717) is 17.1 Å². The van der Waals surface area contributed by atoms with Gasteiger partial charge in [0.2, 0.25) is 0 Å². The maximum absolute atomic E-state index is 8.83. The number of nitriles is 1. The lowest BCUT2D eigenvalue weighted by molar-refractivity contribution is 0.475. The monoisotopic (exact) mass is 316 g/mol. The van der Waals surface area contributed by atoms with Gasteiger partial charge in [-0.05, 0) is 56.3 Å². The Balaban J connectivity index is 1.77. The lowest BCUT2D eigenvalue weighted by atomic mass is 10.2. The van der Waals surface area contributed by atoms with Crippen LogP contribution in [0, 0.1) is 25.2 Å². The van der Waals surface area contributed by atoms with Gasteiger partial charge in [0.05, 0.1) is 17.3 Å². The molecule has 5 heteroatoms. The maximum Gasteiger partial charge on any atom is 0.148 e. The summed E-state index contributed by atoms with van der Waals surface area (Å²) in [4.78, 5) is 8.68. The molecule has 0 unspecified atom stereocenters. The van der Waals surface area contributed by atoms with E-state index in [4.69, 9.17) is 10.00 Å². The number of rotatable bonds is 4. The number of pyridine rings is 2. The summed E-state index contributed by atoms with van der Waals surface area (Å²) < 4.78 is 5.89. The summed E-state index contributed by atoms with van der Waals surface area (Å²) >= 11 is 0. The molecule has 0 aliphatic heterocycles. The number of hydrogen-bond donors (Lipinski definition) is 1. The third-order valence-electron chi connectivity index (χ3n) is 3.42. The van der Waals surface area contributed by atoms with Gasteiger partial charge in [0, 0.05) is 23.6 Å². The zero-order valence-electron chi connectivity index (χ0n) is 13.4. The Labute approximate surface area is 140 Å². The van der Waals surface area contributed by atoms with E-state index >= 15 is 0 Å². The minimum Gasteiger partial charge on any atom is -0.455 e. The Hall–Kier alpha value is -3.39. The highest BCUT2D eigenvalue weighted by Gasteiger charge is 2.05. The minimum absolute atomic E-state index is 0.618.